The summed E-state index contributed by atoms with van der Waals surface area (Å²) in [6, 6.07) is 7.11. The third-order valence-electron chi connectivity index (χ3n) is 5.06. The molecule has 3 amide bonds. The fraction of sp³-hybridized carbons (Fsp3) is 0.526. The first kappa shape index (κ1) is 17.5. The fourth-order valence-corrected chi connectivity index (χ4v) is 3.82. The van der Waals surface area contributed by atoms with Crippen molar-refractivity contribution in [3.05, 3.63) is 24.3 Å². The van der Waals surface area contributed by atoms with Crippen molar-refractivity contribution in [2.75, 3.05) is 18.5 Å². The van der Waals surface area contributed by atoms with Crippen LogP contribution in [0.5, 0.6) is 5.75 Å². The van der Waals surface area contributed by atoms with Crippen LogP contribution in [0.15, 0.2) is 24.3 Å². The van der Waals surface area contributed by atoms with E-state index in [0.29, 0.717) is 18.0 Å². The molecule has 1 saturated heterocycles. The highest BCUT2D eigenvalue weighted by molar-refractivity contribution is 6.09. The summed E-state index contributed by atoms with van der Waals surface area (Å²) < 4.78 is 5.48. The molecular formula is C19H24N2O4. The molecule has 0 bridgehead atoms. The zero-order chi connectivity index (χ0) is 17.9. The van der Waals surface area contributed by atoms with Gasteiger partial charge in [-0.15, -0.1) is 0 Å². The Hall–Kier alpha value is -2.37. The second-order valence-electron chi connectivity index (χ2n) is 6.78. The Balaban J connectivity index is 1.67. The van der Waals surface area contributed by atoms with Gasteiger partial charge in [-0.3, -0.25) is 19.3 Å². The van der Waals surface area contributed by atoms with Crippen molar-refractivity contribution in [1.82, 2.24) is 4.90 Å². The van der Waals surface area contributed by atoms with Crippen molar-refractivity contribution in [3.63, 3.8) is 0 Å². The van der Waals surface area contributed by atoms with E-state index < -0.39 is 5.41 Å². The summed E-state index contributed by atoms with van der Waals surface area (Å²) in [4.78, 5) is 38.6. The number of likely N-dealkylation sites (tertiary alicyclic amines) is 1. The van der Waals surface area contributed by atoms with Gasteiger partial charge in [-0.2, -0.15) is 0 Å². The molecule has 25 heavy (non-hydrogen) atoms. The molecule has 134 valence electrons. The first-order valence-electron chi connectivity index (χ1n) is 8.92. The molecule has 2 aliphatic rings. The normalized spacial score (nSPS) is 19.3. The van der Waals surface area contributed by atoms with Crippen LogP contribution in [0, 0.1) is 5.41 Å². The second-order valence-corrected chi connectivity index (χ2v) is 6.78. The highest BCUT2D eigenvalue weighted by Crippen LogP contribution is 2.45. The van der Waals surface area contributed by atoms with Crippen LogP contribution in [-0.2, 0) is 14.4 Å². The summed E-state index contributed by atoms with van der Waals surface area (Å²) in [5.74, 6) is -0.228. The van der Waals surface area contributed by atoms with Gasteiger partial charge in [0.15, 0.2) is 0 Å². The minimum atomic E-state index is -0.557. The van der Waals surface area contributed by atoms with E-state index >= 15 is 0 Å². The monoisotopic (exact) mass is 344 g/mol. The van der Waals surface area contributed by atoms with Gasteiger partial charge in [-0.1, -0.05) is 31.4 Å². The topological polar surface area (TPSA) is 75.7 Å². The highest BCUT2D eigenvalue weighted by Gasteiger charge is 2.51. The molecule has 1 spiro atoms. The van der Waals surface area contributed by atoms with Crippen molar-refractivity contribution in [2.45, 2.75) is 45.4 Å². The molecule has 1 aromatic carbocycles. The molecule has 3 rings (SSSR count). The van der Waals surface area contributed by atoms with Gasteiger partial charge in [0.25, 0.3) is 0 Å². The van der Waals surface area contributed by atoms with Gasteiger partial charge in [0.2, 0.25) is 17.7 Å². The molecule has 1 aliphatic heterocycles. The van der Waals surface area contributed by atoms with E-state index in [0.717, 1.165) is 37.0 Å². The Morgan fingerprint density at radius 2 is 1.92 bits per heavy atom. The first-order valence-corrected chi connectivity index (χ1v) is 8.92. The Labute approximate surface area is 147 Å². The van der Waals surface area contributed by atoms with Crippen molar-refractivity contribution in [1.29, 1.82) is 0 Å². The van der Waals surface area contributed by atoms with Crippen LogP contribution >= 0.6 is 0 Å². The summed E-state index contributed by atoms with van der Waals surface area (Å²) in [5.41, 5.74) is -0.0143. The number of nitrogens with one attached hydrogen (secondary N) is 1. The zero-order valence-corrected chi connectivity index (χ0v) is 14.5. The second kappa shape index (κ2) is 7.25. The molecule has 0 atom stereocenters. The maximum Gasteiger partial charge on any atom is 0.244 e. The summed E-state index contributed by atoms with van der Waals surface area (Å²) in [7, 11) is 0. The number of carbonyl (C=O) groups is 3. The Morgan fingerprint density at radius 1 is 1.20 bits per heavy atom. The van der Waals surface area contributed by atoms with Gasteiger partial charge in [-0.05, 0) is 31.9 Å². The molecule has 1 heterocycles. The number of benzene rings is 1. The van der Waals surface area contributed by atoms with Crippen molar-refractivity contribution in [3.8, 4) is 5.75 Å². The third-order valence-corrected chi connectivity index (χ3v) is 5.06. The molecule has 1 aliphatic carbocycles. The van der Waals surface area contributed by atoms with Crippen molar-refractivity contribution < 1.29 is 19.1 Å². The molecular weight excluding hydrogens is 320 g/mol. The number of rotatable bonds is 5. The van der Waals surface area contributed by atoms with Crippen LogP contribution in [0.2, 0.25) is 0 Å². The predicted octanol–water partition coefficient (Wildman–Crippen LogP) is 2.73. The minimum absolute atomic E-state index is 0.176. The summed E-state index contributed by atoms with van der Waals surface area (Å²) >= 11 is 0. The number of para-hydroxylation sites is 2. The van der Waals surface area contributed by atoms with E-state index in [-0.39, 0.29) is 30.7 Å². The van der Waals surface area contributed by atoms with E-state index in [1.54, 1.807) is 18.2 Å². The first-order chi connectivity index (χ1) is 12.1. The Morgan fingerprint density at radius 3 is 2.64 bits per heavy atom. The van der Waals surface area contributed by atoms with Gasteiger partial charge in [0.1, 0.15) is 12.3 Å². The number of imide groups is 1. The van der Waals surface area contributed by atoms with E-state index in [4.69, 9.17) is 4.74 Å². The number of nitrogens with zero attached hydrogens (tertiary/aromatic N) is 1. The van der Waals surface area contributed by atoms with Gasteiger partial charge in [0.05, 0.1) is 17.7 Å². The Kier molecular flexibility index (Phi) is 5.06. The van der Waals surface area contributed by atoms with Crippen LogP contribution < -0.4 is 10.1 Å². The molecule has 1 N–H and O–H groups in total. The number of carbonyl (C=O) groups excluding carboxylic acids is 3. The predicted molar refractivity (Wildman–Crippen MR) is 93.1 cm³/mol. The average molecular weight is 344 g/mol. The van der Waals surface area contributed by atoms with Gasteiger partial charge in [-0.25, -0.2) is 0 Å². The lowest BCUT2D eigenvalue weighted by Gasteiger charge is -2.30. The van der Waals surface area contributed by atoms with Gasteiger partial charge in [0, 0.05) is 6.42 Å². The molecule has 6 nitrogen and oxygen atoms in total. The molecule has 0 radical (unpaired) electrons. The molecule has 6 heteroatoms. The SMILES string of the molecule is CCOc1ccccc1NC(=O)CN1C(=O)CC2(CCCCC2)C1=O. The van der Waals surface area contributed by atoms with E-state index in [2.05, 4.69) is 5.32 Å². The lowest BCUT2D eigenvalue weighted by molar-refractivity contribution is -0.144. The standard InChI is InChI=1S/C19H24N2O4/c1-2-25-15-9-5-4-8-14(15)20-16(22)13-21-17(23)12-19(18(21)24)10-6-3-7-11-19/h4-5,8-9H,2-3,6-7,10-13H2,1H3,(H,20,22). The van der Waals surface area contributed by atoms with Crippen LogP contribution in [-0.4, -0.2) is 35.8 Å². The van der Waals surface area contributed by atoms with E-state index in [1.807, 2.05) is 13.0 Å². The number of anilines is 1. The fourth-order valence-electron chi connectivity index (χ4n) is 3.82. The molecule has 1 saturated carbocycles. The summed E-state index contributed by atoms with van der Waals surface area (Å²) in [6.45, 7) is 2.11. The number of ether oxygens (including phenoxy) is 1. The number of hydrogen-bond donors (Lipinski definition) is 1. The van der Waals surface area contributed by atoms with E-state index in [1.165, 1.54) is 0 Å². The number of hydrogen-bond acceptors (Lipinski definition) is 4. The lowest BCUT2D eigenvalue weighted by Crippen LogP contribution is -2.41. The van der Waals surface area contributed by atoms with Crippen LogP contribution in [0.3, 0.4) is 0 Å². The summed E-state index contributed by atoms with van der Waals surface area (Å²) in [6.07, 6.45) is 4.81. The van der Waals surface area contributed by atoms with Crippen LogP contribution in [0.1, 0.15) is 45.4 Å². The zero-order valence-electron chi connectivity index (χ0n) is 14.5. The minimum Gasteiger partial charge on any atom is -0.492 e. The highest BCUT2D eigenvalue weighted by atomic mass is 16.5. The van der Waals surface area contributed by atoms with Gasteiger partial charge >= 0.3 is 0 Å². The molecule has 0 aromatic heterocycles. The smallest absolute Gasteiger partial charge is 0.244 e. The maximum absolute atomic E-state index is 12.8. The largest absolute Gasteiger partial charge is 0.492 e. The van der Waals surface area contributed by atoms with Crippen LogP contribution in [0.25, 0.3) is 0 Å². The van der Waals surface area contributed by atoms with Crippen LogP contribution in [0.4, 0.5) is 5.69 Å². The van der Waals surface area contributed by atoms with Crippen molar-refractivity contribution >= 4 is 23.4 Å². The third kappa shape index (κ3) is 3.52. The molecule has 2 fully saturated rings. The summed E-state index contributed by atoms with van der Waals surface area (Å²) in [5, 5.41) is 2.74. The molecule has 1 aromatic rings. The van der Waals surface area contributed by atoms with E-state index in [9.17, 15) is 14.4 Å². The lowest BCUT2D eigenvalue weighted by atomic mass is 9.73. The quantitative estimate of drug-likeness (QED) is 0.833. The Bertz CT molecular complexity index is 680. The number of amides is 3. The average Bonchev–Trinajstić information content (AvgIpc) is 2.82. The molecule has 0 unspecified atom stereocenters. The maximum atomic E-state index is 12.8. The van der Waals surface area contributed by atoms with Crippen molar-refractivity contribution in [2.24, 2.45) is 5.41 Å². The van der Waals surface area contributed by atoms with Gasteiger partial charge < -0.3 is 10.1 Å².